The van der Waals surface area contributed by atoms with Crippen LogP contribution in [0.4, 0.5) is 0 Å². The van der Waals surface area contributed by atoms with Crippen LogP contribution in [0.1, 0.15) is 0 Å². The maximum absolute atomic E-state index is 5.30. The molecule has 0 saturated heterocycles. The predicted octanol–water partition coefficient (Wildman–Crippen LogP) is 2.24. The first kappa shape index (κ1) is 6.67. The summed E-state index contributed by atoms with van der Waals surface area (Å²) in [5.74, 6) is 0.519. The van der Waals surface area contributed by atoms with Crippen molar-refractivity contribution in [2.45, 2.75) is 0 Å². The minimum atomic E-state index is 0.519. The summed E-state index contributed by atoms with van der Waals surface area (Å²) in [5.41, 5.74) is 1.30. The molecule has 36 valence electrons. The SMILES string of the molecule is SCC(Cl)=CCl. The molecule has 0 spiro atoms. The van der Waals surface area contributed by atoms with E-state index in [0.29, 0.717) is 10.8 Å². The van der Waals surface area contributed by atoms with Crippen LogP contribution in [0.3, 0.4) is 0 Å². The molecule has 0 rings (SSSR count). The minimum Gasteiger partial charge on any atom is -0.174 e. The second-order valence-electron chi connectivity index (χ2n) is 0.714. The van der Waals surface area contributed by atoms with Gasteiger partial charge in [-0.3, -0.25) is 0 Å². The number of halogens is 2. The topological polar surface area (TPSA) is 0 Å². The van der Waals surface area contributed by atoms with Crippen molar-refractivity contribution < 1.29 is 0 Å². The highest BCUT2D eigenvalue weighted by Gasteiger charge is 1.79. The largest absolute Gasteiger partial charge is 0.174 e. The van der Waals surface area contributed by atoms with Crippen LogP contribution in [0.5, 0.6) is 0 Å². The van der Waals surface area contributed by atoms with Crippen molar-refractivity contribution in [2.75, 3.05) is 5.75 Å². The van der Waals surface area contributed by atoms with Gasteiger partial charge >= 0.3 is 0 Å². The second-order valence-corrected chi connectivity index (χ2v) is 1.73. The molecule has 0 unspecified atom stereocenters. The van der Waals surface area contributed by atoms with Crippen molar-refractivity contribution in [3.8, 4) is 0 Å². The molecular weight excluding hydrogens is 139 g/mol. The van der Waals surface area contributed by atoms with Crippen LogP contribution in [0.25, 0.3) is 0 Å². The van der Waals surface area contributed by atoms with E-state index in [9.17, 15) is 0 Å². The number of hydrogen-bond acceptors (Lipinski definition) is 1. The molecule has 0 heterocycles. The summed E-state index contributed by atoms with van der Waals surface area (Å²) in [6.07, 6.45) is 0. The lowest BCUT2D eigenvalue weighted by molar-refractivity contribution is 1.75. The first-order valence-electron chi connectivity index (χ1n) is 1.37. The van der Waals surface area contributed by atoms with Gasteiger partial charge in [-0.2, -0.15) is 12.6 Å². The molecule has 0 N–H and O–H groups in total. The quantitative estimate of drug-likeness (QED) is 0.534. The lowest BCUT2D eigenvalue weighted by Crippen LogP contribution is -1.64. The molecular formula is C3H4Cl2S. The normalized spacial score (nSPS) is 12.2. The monoisotopic (exact) mass is 142 g/mol. The molecule has 0 atom stereocenters. The van der Waals surface area contributed by atoms with E-state index >= 15 is 0 Å². The van der Waals surface area contributed by atoms with Crippen LogP contribution >= 0.6 is 35.8 Å². The van der Waals surface area contributed by atoms with Crippen molar-refractivity contribution in [2.24, 2.45) is 0 Å². The van der Waals surface area contributed by atoms with Gasteiger partial charge in [0, 0.05) is 16.3 Å². The zero-order chi connectivity index (χ0) is 4.99. The highest BCUT2D eigenvalue weighted by atomic mass is 35.5. The van der Waals surface area contributed by atoms with Gasteiger partial charge < -0.3 is 0 Å². The second kappa shape index (κ2) is 3.85. The Balaban J connectivity index is 3.22. The van der Waals surface area contributed by atoms with E-state index in [-0.39, 0.29) is 0 Å². The van der Waals surface area contributed by atoms with E-state index < -0.39 is 0 Å². The fourth-order valence-corrected chi connectivity index (χ4v) is 0.311. The van der Waals surface area contributed by atoms with Gasteiger partial charge in [0.15, 0.2) is 0 Å². The molecule has 0 bridgehead atoms. The first-order chi connectivity index (χ1) is 2.81. The summed E-state index contributed by atoms with van der Waals surface area (Å²) in [6, 6.07) is 0. The Morgan fingerprint density at radius 1 is 1.83 bits per heavy atom. The highest BCUT2D eigenvalue weighted by molar-refractivity contribution is 7.80. The molecule has 0 aliphatic heterocycles. The Bertz CT molecular complexity index is 59.8. The Kier molecular flexibility index (Phi) is 4.28. The maximum Gasteiger partial charge on any atom is 0.0390 e. The van der Waals surface area contributed by atoms with Gasteiger partial charge in [0.2, 0.25) is 0 Å². The van der Waals surface area contributed by atoms with E-state index in [1.165, 1.54) is 5.54 Å². The molecule has 6 heavy (non-hydrogen) atoms. The van der Waals surface area contributed by atoms with E-state index in [1.807, 2.05) is 0 Å². The smallest absolute Gasteiger partial charge is 0.0390 e. The van der Waals surface area contributed by atoms with Gasteiger partial charge in [0.1, 0.15) is 0 Å². The lowest BCUT2D eigenvalue weighted by Gasteiger charge is -1.79. The highest BCUT2D eigenvalue weighted by Crippen LogP contribution is 2.02. The van der Waals surface area contributed by atoms with E-state index in [1.54, 1.807) is 0 Å². The van der Waals surface area contributed by atoms with E-state index in [0.717, 1.165) is 0 Å². The number of thiol groups is 1. The molecule has 0 fully saturated rings. The predicted molar refractivity (Wildman–Crippen MR) is 33.6 cm³/mol. The van der Waals surface area contributed by atoms with Gasteiger partial charge in [-0.05, 0) is 0 Å². The standard InChI is InChI=1S/C3H4Cl2S/c4-1-3(5)2-6/h1,6H,2H2. The van der Waals surface area contributed by atoms with Crippen molar-refractivity contribution in [1.82, 2.24) is 0 Å². The third-order valence-corrected chi connectivity index (χ3v) is 1.41. The molecule has 0 aliphatic rings. The van der Waals surface area contributed by atoms with Crippen LogP contribution in [-0.4, -0.2) is 5.75 Å². The van der Waals surface area contributed by atoms with Crippen LogP contribution in [0.2, 0.25) is 0 Å². The summed E-state index contributed by atoms with van der Waals surface area (Å²) in [4.78, 5) is 0. The first-order valence-corrected chi connectivity index (χ1v) is 2.81. The van der Waals surface area contributed by atoms with E-state index in [2.05, 4.69) is 12.6 Å². The molecule has 0 nitrogen and oxygen atoms in total. The summed E-state index contributed by atoms with van der Waals surface area (Å²) < 4.78 is 0. The maximum atomic E-state index is 5.30. The number of rotatable bonds is 1. The molecule has 0 aromatic heterocycles. The molecule has 0 saturated carbocycles. The van der Waals surface area contributed by atoms with Crippen molar-refractivity contribution in [1.29, 1.82) is 0 Å². The molecule has 0 aromatic carbocycles. The van der Waals surface area contributed by atoms with Crippen molar-refractivity contribution in [3.63, 3.8) is 0 Å². The summed E-state index contributed by atoms with van der Waals surface area (Å²) in [7, 11) is 0. The van der Waals surface area contributed by atoms with Crippen LogP contribution in [0, 0.1) is 0 Å². The molecule has 0 amide bonds. The fourth-order valence-electron chi connectivity index (χ4n) is 0.0345. The van der Waals surface area contributed by atoms with Gasteiger partial charge in [-0.15, -0.1) is 0 Å². The van der Waals surface area contributed by atoms with Crippen LogP contribution in [-0.2, 0) is 0 Å². The van der Waals surface area contributed by atoms with Crippen molar-refractivity contribution >= 4 is 35.8 Å². The average molecular weight is 143 g/mol. The molecule has 0 radical (unpaired) electrons. The van der Waals surface area contributed by atoms with Gasteiger partial charge in [0.05, 0.1) is 0 Å². The third kappa shape index (κ3) is 2.88. The Morgan fingerprint density at radius 3 is 2.33 bits per heavy atom. The van der Waals surface area contributed by atoms with Gasteiger partial charge in [0.25, 0.3) is 0 Å². The number of hydrogen-bond donors (Lipinski definition) is 1. The molecule has 0 aromatic rings. The minimum absolute atomic E-state index is 0.519. The zero-order valence-corrected chi connectivity index (χ0v) is 5.39. The summed E-state index contributed by atoms with van der Waals surface area (Å²) in [5, 5.41) is 0.569. The Hall–Kier alpha value is 0.670. The van der Waals surface area contributed by atoms with Crippen LogP contribution in [0.15, 0.2) is 10.6 Å². The Labute approximate surface area is 52.5 Å². The van der Waals surface area contributed by atoms with Crippen molar-refractivity contribution in [3.05, 3.63) is 10.6 Å². The van der Waals surface area contributed by atoms with E-state index in [4.69, 9.17) is 23.2 Å². The zero-order valence-electron chi connectivity index (χ0n) is 2.99. The molecule has 3 heteroatoms. The Morgan fingerprint density at radius 2 is 2.33 bits per heavy atom. The van der Waals surface area contributed by atoms with Gasteiger partial charge in [-0.1, -0.05) is 23.2 Å². The third-order valence-electron chi connectivity index (χ3n) is 0.269. The fraction of sp³-hybridized carbons (Fsp3) is 0.333. The average Bonchev–Trinajstić information content (AvgIpc) is 1.65. The summed E-state index contributed by atoms with van der Waals surface area (Å²) >= 11 is 14.2. The lowest BCUT2D eigenvalue weighted by atomic mass is 10.7. The van der Waals surface area contributed by atoms with Gasteiger partial charge in [-0.25, -0.2) is 0 Å². The van der Waals surface area contributed by atoms with Crippen LogP contribution < -0.4 is 0 Å². The summed E-state index contributed by atoms with van der Waals surface area (Å²) in [6.45, 7) is 0. The molecule has 0 aliphatic carbocycles.